The van der Waals surface area contributed by atoms with Crippen molar-refractivity contribution in [2.75, 3.05) is 38.8 Å². The van der Waals surface area contributed by atoms with E-state index in [0.29, 0.717) is 25.0 Å². The summed E-state index contributed by atoms with van der Waals surface area (Å²) in [6.07, 6.45) is -0.575. The van der Waals surface area contributed by atoms with Crippen molar-refractivity contribution in [2.24, 2.45) is 0 Å². The van der Waals surface area contributed by atoms with Crippen LogP contribution in [-0.4, -0.2) is 55.3 Å². The average Bonchev–Trinajstić information content (AvgIpc) is 2.75. The molecule has 0 bridgehead atoms. The molecule has 0 aliphatic heterocycles. The molecule has 0 aliphatic rings. The lowest BCUT2D eigenvalue weighted by atomic mass is 10.3. The van der Waals surface area contributed by atoms with Crippen molar-refractivity contribution >= 4 is 6.01 Å². The molecule has 0 aromatic carbocycles. The molecular formula is C10H20N4O3. The number of aromatic nitrogens is 2. The Morgan fingerprint density at radius 3 is 2.94 bits per heavy atom. The summed E-state index contributed by atoms with van der Waals surface area (Å²) in [7, 11) is 3.33. The van der Waals surface area contributed by atoms with Crippen LogP contribution in [0.3, 0.4) is 0 Å². The standard InChI is InChI=1S/C10H20N4O3/c1-4-11-5-9-12-13-10(17-9)14(2)6-8(15)7-16-3/h8,11,15H,4-7H2,1-3H3. The van der Waals surface area contributed by atoms with Gasteiger partial charge in [-0.25, -0.2) is 0 Å². The molecule has 7 nitrogen and oxygen atoms in total. The average molecular weight is 244 g/mol. The Hall–Kier alpha value is -1.18. The fraction of sp³-hybridized carbons (Fsp3) is 0.800. The molecule has 98 valence electrons. The first-order valence-electron chi connectivity index (χ1n) is 5.58. The predicted molar refractivity (Wildman–Crippen MR) is 62.8 cm³/mol. The summed E-state index contributed by atoms with van der Waals surface area (Å²) < 4.78 is 10.3. The van der Waals surface area contributed by atoms with Gasteiger partial charge in [0.1, 0.15) is 0 Å². The smallest absolute Gasteiger partial charge is 0.318 e. The molecular weight excluding hydrogens is 224 g/mol. The van der Waals surface area contributed by atoms with Gasteiger partial charge in [0.25, 0.3) is 0 Å². The zero-order chi connectivity index (χ0) is 12.7. The molecule has 1 unspecified atom stereocenters. The van der Waals surface area contributed by atoms with Gasteiger partial charge < -0.3 is 24.5 Å². The molecule has 0 saturated heterocycles. The first kappa shape index (κ1) is 13.9. The van der Waals surface area contributed by atoms with E-state index in [1.165, 1.54) is 0 Å². The minimum Gasteiger partial charge on any atom is -0.407 e. The van der Waals surface area contributed by atoms with Crippen molar-refractivity contribution < 1.29 is 14.3 Å². The van der Waals surface area contributed by atoms with Gasteiger partial charge in [-0.1, -0.05) is 12.0 Å². The molecule has 0 radical (unpaired) electrons. The second-order valence-electron chi connectivity index (χ2n) is 3.75. The normalized spacial score (nSPS) is 12.7. The topological polar surface area (TPSA) is 83.7 Å². The lowest BCUT2D eigenvalue weighted by molar-refractivity contribution is 0.0689. The van der Waals surface area contributed by atoms with Crippen LogP contribution in [0.5, 0.6) is 0 Å². The summed E-state index contributed by atoms with van der Waals surface area (Å²) in [6, 6.07) is 0.396. The van der Waals surface area contributed by atoms with Crippen molar-refractivity contribution in [3.63, 3.8) is 0 Å². The molecule has 1 rings (SSSR count). The summed E-state index contributed by atoms with van der Waals surface area (Å²) in [5.74, 6) is 0.537. The monoisotopic (exact) mass is 244 g/mol. The summed E-state index contributed by atoms with van der Waals surface area (Å²) in [5, 5.41) is 20.4. The van der Waals surface area contributed by atoms with E-state index in [4.69, 9.17) is 9.15 Å². The van der Waals surface area contributed by atoms with Crippen LogP contribution in [0.25, 0.3) is 0 Å². The van der Waals surface area contributed by atoms with Gasteiger partial charge in [-0.15, -0.1) is 5.10 Å². The second kappa shape index (κ2) is 7.21. The van der Waals surface area contributed by atoms with Gasteiger partial charge in [-0.2, -0.15) is 0 Å². The number of anilines is 1. The zero-order valence-corrected chi connectivity index (χ0v) is 10.5. The van der Waals surface area contributed by atoms with Gasteiger partial charge in [0, 0.05) is 14.2 Å². The van der Waals surface area contributed by atoms with Gasteiger partial charge in [0.2, 0.25) is 5.89 Å². The highest BCUT2D eigenvalue weighted by Gasteiger charge is 2.14. The Morgan fingerprint density at radius 2 is 2.29 bits per heavy atom. The number of aliphatic hydroxyl groups excluding tert-OH is 1. The summed E-state index contributed by atoms with van der Waals surface area (Å²) in [4.78, 5) is 1.70. The molecule has 7 heteroatoms. The highest BCUT2D eigenvalue weighted by Crippen LogP contribution is 2.10. The number of hydrogen-bond donors (Lipinski definition) is 2. The van der Waals surface area contributed by atoms with E-state index >= 15 is 0 Å². The first-order valence-corrected chi connectivity index (χ1v) is 5.58. The van der Waals surface area contributed by atoms with E-state index in [2.05, 4.69) is 15.5 Å². The van der Waals surface area contributed by atoms with E-state index in [1.54, 1.807) is 19.1 Å². The number of methoxy groups -OCH3 is 1. The molecule has 1 heterocycles. The number of ether oxygens (including phenoxy) is 1. The van der Waals surface area contributed by atoms with Crippen LogP contribution >= 0.6 is 0 Å². The molecule has 1 atom stereocenters. The number of nitrogens with zero attached hydrogens (tertiary/aromatic N) is 3. The predicted octanol–water partition coefficient (Wildman–Crippen LogP) is -0.377. The Balaban J connectivity index is 2.45. The molecule has 0 amide bonds. The fourth-order valence-electron chi connectivity index (χ4n) is 1.34. The van der Waals surface area contributed by atoms with Gasteiger partial charge in [0.05, 0.1) is 25.8 Å². The summed E-state index contributed by atoms with van der Waals surface area (Å²) in [6.45, 7) is 4.07. The van der Waals surface area contributed by atoms with Crippen LogP contribution in [0.2, 0.25) is 0 Å². The number of aliphatic hydroxyl groups is 1. The Morgan fingerprint density at radius 1 is 1.53 bits per heavy atom. The minimum atomic E-state index is -0.575. The number of rotatable bonds is 8. The third kappa shape index (κ3) is 4.68. The molecule has 0 saturated carbocycles. The molecule has 0 fully saturated rings. The molecule has 17 heavy (non-hydrogen) atoms. The van der Waals surface area contributed by atoms with Crippen LogP contribution < -0.4 is 10.2 Å². The molecule has 2 N–H and O–H groups in total. The maximum absolute atomic E-state index is 9.56. The third-order valence-electron chi connectivity index (χ3n) is 2.15. The maximum Gasteiger partial charge on any atom is 0.318 e. The van der Waals surface area contributed by atoms with Crippen LogP contribution in [0.1, 0.15) is 12.8 Å². The molecule has 0 spiro atoms. The number of nitrogens with one attached hydrogen (secondary N) is 1. The lowest BCUT2D eigenvalue weighted by Crippen LogP contribution is -2.32. The quantitative estimate of drug-likeness (QED) is 0.645. The van der Waals surface area contributed by atoms with Crippen molar-refractivity contribution in [3.05, 3.63) is 5.89 Å². The lowest BCUT2D eigenvalue weighted by Gasteiger charge is -2.17. The molecule has 1 aromatic heterocycles. The van der Waals surface area contributed by atoms with Gasteiger partial charge in [0.15, 0.2) is 0 Å². The highest BCUT2D eigenvalue weighted by atomic mass is 16.5. The van der Waals surface area contributed by atoms with E-state index in [1.807, 2.05) is 6.92 Å². The van der Waals surface area contributed by atoms with Gasteiger partial charge in [-0.3, -0.25) is 0 Å². The zero-order valence-electron chi connectivity index (χ0n) is 10.5. The first-order chi connectivity index (χ1) is 8.17. The summed E-state index contributed by atoms with van der Waals surface area (Å²) in [5.41, 5.74) is 0. The Labute approximate surface area is 101 Å². The van der Waals surface area contributed by atoms with E-state index in [-0.39, 0.29) is 6.61 Å². The maximum atomic E-state index is 9.56. The minimum absolute atomic E-state index is 0.280. The largest absolute Gasteiger partial charge is 0.407 e. The van der Waals surface area contributed by atoms with Crippen molar-refractivity contribution in [1.82, 2.24) is 15.5 Å². The van der Waals surface area contributed by atoms with Crippen molar-refractivity contribution in [1.29, 1.82) is 0 Å². The highest BCUT2D eigenvalue weighted by molar-refractivity contribution is 5.22. The van der Waals surface area contributed by atoms with Gasteiger partial charge in [-0.05, 0) is 6.54 Å². The Kier molecular flexibility index (Phi) is 5.88. The second-order valence-corrected chi connectivity index (χ2v) is 3.75. The third-order valence-corrected chi connectivity index (χ3v) is 2.15. The molecule has 1 aromatic rings. The molecule has 0 aliphatic carbocycles. The van der Waals surface area contributed by atoms with E-state index in [9.17, 15) is 5.11 Å². The van der Waals surface area contributed by atoms with Crippen molar-refractivity contribution in [3.8, 4) is 0 Å². The van der Waals surface area contributed by atoms with Crippen LogP contribution in [0.4, 0.5) is 6.01 Å². The fourth-order valence-corrected chi connectivity index (χ4v) is 1.34. The van der Waals surface area contributed by atoms with Crippen LogP contribution in [0.15, 0.2) is 4.42 Å². The van der Waals surface area contributed by atoms with Crippen molar-refractivity contribution in [2.45, 2.75) is 19.6 Å². The number of likely N-dealkylation sites (N-methyl/N-ethyl adjacent to an activating group) is 1. The summed E-state index contributed by atoms with van der Waals surface area (Å²) >= 11 is 0. The van der Waals surface area contributed by atoms with E-state index in [0.717, 1.165) is 6.54 Å². The van der Waals surface area contributed by atoms with Crippen LogP contribution in [0, 0.1) is 0 Å². The van der Waals surface area contributed by atoms with Crippen LogP contribution in [-0.2, 0) is 11.3 Å². The van der Waals surface area contributed by atoms with E-state index < -0.39 is 6.10 Å². The number of hydrogen-bond acceptors (Lipinski definition) is 7. The van der Waals surface area contributed by atoms with Gasteiger partial charge >= 0.3 is 6.01 Å². The Bertz CT molecular complexity index is 318. The SMILES string of the molecule is CCNCc1nnc(N(C)CC(O)COC)o1.